The van der Waals surface area contributed by atoms with Gasteiger partial charge in [0.2, 0.25) is 5.58 Å². The molecule has 0 bridgehead atoms. The summed E-state index contributed by atoms with van der Waals surface area (Å²) in [7, 11) is 1.66. The van der Waals surface area contributed by atoms with E-state index in [-0.39, 0.29) is 0 Å². The highest BCUT2D eigenvalue weighted by molar-refractivity contribution is 5.93. The lowest BCUT2D eigenvalue weighted by atomic mass is 10.1. The minimum absolute atomic E-state index is 0.567. The van der Waals surface area contributed by atoms with Crippen LogP contribution in [0.15, 0.2) is 28.8 Å². The number of ether oxygens (including phenoxy) is 1. The van der Waals surface area contributed by atoms with Crippen LogP contribution in [0.25, 0.3) is 22.4 Å². The molecule has 0 amide bonds. The van der Waals surface area contributed by atoms with Crippen molar-refractivity contribution >= 4 is 16.9 Å². The Morgan fingerprint density at radius 1 is 1.14 bits per heavy atom. The Labute approximate surface area is 128 Å². The summed E-state index contributed by atoms with van der Waals surface area (Å²) in [6, 6.07) is 8.12. The van der Waals surface area contributed by atoms with Gasteiger partial charge in [-0.25, -0.2) is 9.97 Å². The number of methoxy groups -OCH3 is 1. The fraction of sp³-hybridized carbons (Fsp3) is 0.312. The van der Waals surface area contributed by atoms with Gasteiger partial charge in [0.25, 0.3) is 0 Å². The van der Waals surface area contributed by atoms with E-state index in [4.69, 9.17) is 9.26 Å². The molecule has 0 fully saturated rings. The molecule has 0 saturated heterocycles. The summed E-state index contributed by atoms with van der Waals surface area (Å²) in [6.45, 7) is 5.13. The summed E-state index contributed by atoms with van der Waals surface area (Å²) in [5.41, 5.74) is 4.19. The number of fused-ring (bicyclic) bond motifs is 1. The van der Waals surface area contributed by atoms with E-state index in [0.29, 0.717) is 30.4 Å². The van der Waals surface area contributed by atoms with Crippen LogP contribution in [0, 0.1) is 13.8 Å². The van der Waals surface area contributed by atoms with Crippen molar-refractivity contribution in [2.24, 2.45) is 0 Å². The summed E-state index contributed by atoms with van der Waals surface area (Å²) in [5, 5.41) is 7.37. The average Bonchev–Trinajstić information content (AvgIpc) is 2.92. The average molecular weight is 298 g/mol. The highest BCUT2D eigenvalue weighted by atomic mass is 16.5. The Morgan fingerprint density at radius 3 is 2.64 bits per heavy atom. The summed E-state index contributed by atoms with van der Waals surface area (Å²) >= 11 is 0. The molecule has 0 unspecified atom stereocenters. The Kier molecular flexibility index (Phi) is 4.02. The van der Waals surface area contributed by atoms with Gasteiger partial charge in [-0.15, -0.1) is 0 Å². The first-order chi connectivity index (χ1) is 10.7. The van der Waals surface area contributed by atoms with E-state index in [1.807, 2.05) is 31.2 Å². The van der Waals surface area contributed by atoms with Gasteiger partial charge >= 0.3 is 0 Å². The molecular weight excluding hydrogens is 280 g/mol. The van der Waals surface area contributed by atoms with Crippen LogP contribution < -0.4 is 5.32 Å². The van der Waals surface area contributed by atoms with E-state index in [1.54, 1.807) is 7.11 Å². The highest BCUT2D eigenvalue weighted by Crippen LogP contribution is 2.30. The second-order valence-corrected chi connectivity index (χ2v) is 5.11. The molecular formula is C16H18N4O2. The highest BCUT2D eigenvalue weighted by Gasteiger charge is 2.17. The van der Waals surface area contributed by atoms with Crippen LogP contribution in [0.5, 0.6) is 0 Å². The normalized spacial score (nSPS) is 11.0. The van der Waals surface area contributed by atoms with Gasteiger partial charge in [0.15, 0.2) is 5.82 Å². The first kappa shape index (κ1) is 14.5. The van der Waals surface area contributed by atoms with Crippen LogP contribution in [0.2, 0.25) is 0 Å². The van der Waals surface area contributed by atoms with E-state index in [2.05, 4.69) is 27.4 Å². The number of hydrogen-bond donors (Lipinski definition) is 1. The lowest BCUT2D eigenvalue weighted by Crippen LogP contribution is -2.09. The van der Waals surface area contributed by atoms with E-state index in [1.165, 1.54) is 5.56 Å². The Morgan fingerprint density at radius 2 is 1.91 bits per heavy atom. The maximum Gasteiger partial charge on any atom is 0.228 e. The summed E-state index contributed by atoms with van der Waals surface area (Å²) < 4.78 is 10.5. The fourth-order valence-corrected chi connectivity index (χ4v) is 2.24. The summed E-state index contributed by atoms with van der Waals surface area (Å²) in [5.74, 6) is 1.31. The number of nitrogens with zero attached hydrogens (tertiary/aromatic N) is 3. The van der Waals surface area contributed by atoms with Crippen molar-refractivity contribution in [2.45, 2.75) is 13.8 Å². The first-order valence-corrected chi connectivity index (χ1v) is 7.13. The number of aryl methyl sites for hydroxylation is 2. The monoisotopic (exact) mass is 298 g/mol. The molecule has 0 aliphatic carbocycles. The van der Waals surface area contributed by atoms with Crippen LogP contribution >= 0.6 is 0 Å². The van der Waals surface area contributed by atoms with Gasteiger partial charge in [0, 0.05) is 19.2 Å². The molecule has 0 spiro atoms. The van der Waals surface area contributed by atoms with Crippen LogP contribution in [0.3, 0.4) is 0 Å². The number of rotatable bonds is 5. The van der Waals surface area contributed by atoms with Crippen LogP contribution in [-0.2, 0) is 4.74 Å². The predicted molar refractivity (Wildman–Crippen MR) is 84.9 cm³/mol. The minimum atomic E-state index is 0.567. The van der Waals surface area contributed by atoms with Crippen molar-refractivity contribution in [3.8, 4) is 11.3 Å². The maximum absolute atomic E-state index is 5.47. The molecule has 1 aromatic carbocycles. The molecule has 0 radical (unpaired) electrons. The number of benzene rings is 1. The lowest BCUT2D eigenvalue weighted by Gasteiger charge is -2.05. The van der Waals surface area contributed by atoms with Gasteiger partial charge in [-0.05, 0) is 13.8 Å². The number of nitrogens with one attached hydrogen (secondary N) is 1. The second-order valence-electron chi connectivity index (χ2n) is 5.11. The van der Waals surface area contributed by atoms with E-state index < -0.39 is 0 Å². The van der Waals surface area contributed by atoms with Gasteiger partial charge < -0.3 is 14.6 Å². The molecule has 0 aliphatic heterocycles. The van der Waals surface area contributed by atoms with Crippen molar-refractivity contribution in [1.29, 1.82) is 0 Å². The molecule has 114 valence electrons. The Hall–Kier alpha value is -2.47. The zero-order valence-electron chi connectivity index (χ0n) is 12.9. The third kappa shape index (κ3) is 2.78. The SMILES string of the molecule is COCCNc1nc(C)nc2c(-c3ccc(C)cc3)noc12. The molecule has 0 atom stereocenters. The lowest BCUT2D eigenvalue weighted by molar-refractivity contribution is 0.210. The molecule has 6 heteroatoms. The van der Waals surface area contributed by atoms with Gasteiger partial charge in [-0.2, -0.15) is 0 Å². The molecule has 2 heterocycles. The second kappa shape index (κ2) is 6.11. The van der Waals surface area contributed by atoms with Crippen molar-refractivity contribution in [3.63, 3.8) is 0 Å². The Bertz CT molecular complexity index is 781. The molecule has 0 aliphatic rings. The zero-order chi connectivity index (χ0) is 15.5. The van der Waals surface area contributed by atoms with Gasteiger partial charge in [0.1, 0.15) is 17.0 Å². The van der Waals surface area contributed by atoms with Gasteiger partial charge in [0.05, 0.1) is 6.61 Å². The third-order valence-corrected chi connectivity index (χ3v) is 3.35. The molecule has 22 heavy (non-hydrogen) atoms. The third-order valence-electron chi connectivity index (χ3n) is 3.35. The standard InChI is InChI=1S/C16H18N4O2/c1-10-4-6-12(7-5-10)13-14-15(22-20-13)16(17-8-9-21-3)19-11(2)18-14/h4-7H,8-9H2,1-3H3,(H,17,18,19). The van der Waals surface area contributed by atoms with Crippen LogP contribution in [0.1, 0.15) is 11.4 Å². The van der Waals surface area contributed by atoms with Crippen LogP contribution in [-0.4, -0.2) is 35.4 Å². The topological polar surface area (TPSA) is 73.1 Å². The van der Waals surface area contributed by atoms with E-state index >= 15 is 0 Å². The van der Waals surface area contributed by atoms with E-state index in [9.17, 15) is 0 Å². The summed E-state index contributed by atoms with van der Waals surface area (Å²) in [4.78, 5) is 8.87. The molecule has 3 rings (SSSR count). The number of aromatic nitrogens is 3. The molecule has 3 aromatic rings. The summed E-state index contributed by atoms with van der Waals surface area (Å²) in [6.07, 6.45) is 0. The molecule has 2 aromatic heterocycles. The quantitative estimate of drug-likeness (QED) is 0.730. The first-order valence-electron chi connectivity index (χ1n) is 7.13. The fourth-order valence-electron chi connectivity index (χ4n) is 2.24. The largest absolute Gasteiger partial charge is 0.383 e. The number of anilines is 1. The smallest absolute Gasteiger partial charge is 0.228 e. The molecule has 0 saturated carbocycles. The molecule has 6 nitrogen and oxygen atoms in total. The minimum Gasteiger partial charge on any atom is -0.383 e. The molecule has 1 N–H and O–H groups in total. The van der Waals surface area contributed by atoms with Gasteiger partial charge in [-0.3, -0.25) is 0 Å². The van der Waals surface area contributed by atoms with E-state index in [0.717, 1.165) is 16.8 Å². The zero-order valence-corrected chi connectivity index (χ0v) is 12.9. The van der Waals surface area contributed by atoms with Crippen molar-refractivity contribution in [3.05, 3.63) is 35.7 Å². The number of hydrogen-bond acceptors (Lipinski definition) is 6. The maximum atomic E-state index is 5.47. The van der Waals surface area contributed by atoms with Gasteiger partial charge in [-0.1, -0.05) is 35.0 Å². The van der Waals surface area contributed by atoms with Crippen molar-refractivity contribution in [2.75, 3.05) is 25.6 Å². The van der Waals surface area contributed by atoms with Crippen molar-refractivity contribution < 1.29 is 9.26 Å². The Balaban J connectivity index is 2.04. The van der Waals surface area contributed by atoms with Crippen molar-refractivity contribution in [1.82, 2.24) is 15.1 Å². The predicted octanol–water partition coefficient (Wildman–Crippen LogP) is 2.96. The van der Waals surface area contributed by atoms with Crippen LogP contribution in [0.4, 0.5) is 5.82 Å².